The Bertz CT molecular complexity index is 1010. The molecule has 9 nitrogen and oxygen atoms in total. The lowest BCUT2D eigenvalue weighted by Gasteiger charge is -2.24. The molecular weight excluding hydrogens is 398 g/mol. The van der Waals surface area contributed by atoms with Gasteiger partial charge in [0.05, 0.1) is 35.6 Å². The third-order valence-corrected chi connectivity index (χ3v) is 5.55. The minimum atomic E-state index is -3.85. The normalized spacial score (nSPS) is 12.1. The Hall–Kier alpha value is -3.14. The zero-order valence-electron chi connectivity index (χ0n) is 16.6. The van der Waals surface area contributed by atoms with E-state index < -0.39 is 27.4 Å². The number of anilines is 1. The van der Waals surface area contributed by atoms with Gasteiger partial charge in [-0.25, -0.2) is 8.42 Å². The second-order valence-corrected chi connectivity index (χ2v) is 8.42. The van der Waals surface area contributed by atoms with Crippen molar-refractivity contribution < 1.29 is 22.9 Å². The lowest BCUT2D eigenvalue weighted by Crippen LogP contribution is -2.41. The van der Waals surface area contributed by atoms with Crippen LogP contribution in [0.2, 0.25) is 0 Å². The molecule has 0 aromatic heterocycles. The molecule has 0 saturated carbocycles. The summed E-state index contributed by atoms with van der Waals surface area (Å²) < 4.78 is 30.5. The molecule has 0 unspecified atom stereocenters. The number of nitro groups is 1. The minimum Gasteiger partial charge on any atom is -0.497 e. The number of sulfonamides is 1. The number of hydrogen-bond acceptors (Lipinski definition) is 6. The van der Waals surface area contributed by atoms with Gasteiger partial charge in [0.2, 0.25) is 15.9 Å². The van der Waals surface area contributed by atoms with Crippen LogP contribution < -0.4 is 14.4 Å². The molecule has 2 rings (SSSR count). The maximum atomic E-state index is 12.5. The predicted molar refractivity (Wildman–Crippen MR) is 110 cm³/mol. The van der Waals surface area contributed by atoms with E-state index in [1.54, 1.807) is 38.3 Å². The van der Waals surface area contributed by atoms with Gasteiger partial charge in [-0.3, -0.25) is 19.2 Å². The SMILES string of the molecule is COc1ccc([C@@H](C)NC(=O)CN(c2cccc([N+](=O)[O-])c2C)S(C)(=O)=O)cc1. The van der Waals surface area contributed by atoms with E-state index in [2.05, 4.69) is 5.32 Å². The van der Waals surface area contributed by atoms with Crippen molar-refractivity contribution in [3.8, 4) is 5.75 Å². The highest BCUT2D eigenvalue weighted by Gasteiger charge is 2.26. The van der Waals surface area contributed by atoms with Gasteiger partial charge in [0, 0.05) is 6.07 Å². The van der Waals surface area contributed by atoms with Gasteiger partial charge in [-0.1, -0.05) is 18.2 Å². The lowest BCUT2D eigenvalue weighted by atomic mass is 10.1. The number of carbonyl (C=O) groups excluding carboxylic acids is 1. The van der Waals surface area contributed by atoms with E-state index in [-0.39, 0.29) is 23.0 Å². The summed E-state index contributed by atoms with van der Waals surface area (Å²) in [5.41, 5.74) is 0.854. The van der Waals surface area contributed by atoms with Gasteiger partial charge in [0.15, 0.2) is 0 Å². The summed E-state index contributed by atoms with van der Waals surface area (Å²) in [6, 6.07) is 10.8. The Morgan fingerprint density at radius 2 is 1.86 bits per heavy atom. The van der Waals surface area contributed by atoms with E-state index >= 15 is 0 Å². The Balaban J connectivity index is 2.24. The van der Waals surface area contributed by atoms with Crippen molar-refractivity contribution in [1.29, 1.82) is 0 Å². The molecule has 2 aromatic carbocycles. The van der Waals surface area contributed by atoms with Crippen molar-refractivity contribution in [1.82, 2.24) is 5.32 Å². The number of amides is 1. The Labute approximate surface area is 169 Å². The predicted octanol–water partition coefficient (Wildman–Crippen LogP) is 2.56. The van der Waals surface area contributed by atoms with Crippen LogP contribution in [-0.2, 0) is 14.8 Å². The molecule has 0 heterocycles. The molecule has 0 bridgehead atoms. The first-order chi connectivity index (χ1) is 13.5. The third kappa shape index (κ3) is 5.44. The molecule has 0 fully saturated rings. The summed E-state index contributed by atoms with van der Waals surface area (Å²) in [6.07, 6.45) is 0.950. The molecule has 10 heteroatoms. The number of hydrogen-bond donors (Lipinski definition) is 1. The molecule has 1 atom stereocenters. The van der Waals surface area contributed by atoms with Gasteiger partial charge in [0.1, 0.15) is 12.3 Å². The largest absolute Gasteiger partial charge is 0.497 e. The number of ether oxygens (including phenoxy) is 1. The van der Waals surface area contributed by atoms with Gasteiger partial charge in [-0.2, -0.15) is 0 Å². The van der Waals surface area contributed by atoms with Crippen LogP contribution in [0.5, 0.6) is 5.75 Å². The number of carbonyl (C=O) groups is 1. The quantitative estimate of drug-likeness (QED) is 0.517. The minimum absolute atomic E-state index is 0.0916. The number of rotatable bonds is 8. The highest BCUT2D eigenvalue weighted by atomic mass is 32.2. The maximum Gasteiger partial charge on any atom is 0.274 e. The average Bonchev–Trinajstić information content (AvgIpc) is 2.65. The molecule has 1 amide bonds. The van der Waals surface area contributed by atoms with Crippen molar-refractivity contribution in [3.63, 3.8) is 0 Å². The van der Waals surface area contributed by atoms with Gasteiger partial charge in [0.25, 0.3) is 5.69 Å². The van der Waals surface area contributed by atoms with Gasteiger partial charge in [-0.05, 0) is 37.6 Å². The van der Waals surface area contributed by atoms with Gasteiger partial charge >= 0.3 is 0 Å². The molecule has 0 radical (unpaired) electrons. The van der Waals surface area contributed by atoms with E-state index in [9.17, 15) is 23.3 Å². The molecule has 2 aromatic rings. The summed E-state index contributed by atoms with van der Waals surface area (Å²) >= 11 is 0. The van der Waals surface area contributed by atoms with Crippen molar-refractivity contribution in [2.24, 2.45) is 0 Å². The fraction of sp³-hybridized carbons (Fsp3) is 0.316. The Morgan fingerprint density at radius 1 is 1.24 bits per heavy atom. The maximum absolute atomic E-state index is 12.5. The molecule has 29 heavy (non-hydrogen) atoms. The number of nitro benzene ring substituents is 1. The van der Waals surface area contributed by atoms with E-state index in [4.69, 9.17) is 4.74 Å². The van der Waals surface area contributed by atoms with Crippen LogP contribution in [0.1, 0.15) is 24.1 Å². The van der Waals surface area contributed by atoms with Crippen molar-refractivity contribution in [3.05, 3.63) is 63.7 Å². The van der Waals surface area contributed by atoms with E-state index in [1.165, 1.54) is 25.1 Å². The number of nitrogens with zero attached hydrogens (tertiary/aromatic N) is 2. The van der Waals surface area contributed by atoms with E-state index in [0.29, 0.717) is 5.75 Å². The zero-order chi connectivity index (χ0) is 21.8. The fourth-order valence-electron chi connectivity index (χ4n) is 2.85. The first kappa shape index (κ1) is 22.2. The molecule has 0 saturated heterocycles. The van der Waals surface area contributed by atoms with Crippen LogP contribution in [0.3, 0.4) is 0 Å². The number of methoxy groups -OCH3 is 1. The average molecular weight is 421 g/mol. The molecule has 1 N–H and O–H groups in total. The Kier molecular flexibility index (Phi) is 6.80. The van der Waals surface area contributed by atoms with Crippen LogP contribution >= 0.6 is 0 Å². The van der Waals surface area contributed by atoms with Crippen LogP contribution in [0, 0.1) is 17.0 Å². The highest BCUT2D eigenvalue weighted by molar-refractivity contribution is 7.92. The Morgan fingerprint density at radius 3 is 2.38 bits per heavy atom. The first-order valence-corrected chi connectivity index (χ1v) is 10.5. The van der Waals surface area contributed by atoms with Crippen LogP contribution in [0.25, 0.3) is 0 Å². The standard InChI is InChI=1S/C19H23N3O6S/c1-13-17(6-5-7-18(13)22(24)25)21(29(4,26)27)12-19(23)20-14(2)15-8-10-16(28-3)11-9-15/h5-11,14H,12H2,1-4H3,(H,20,23)/t14-/m1/s1. The highest BCUT2D eigenvalue weighted by Crippen LogP contribution is 2.29. The smallest absolute Gasteiger partial charge is 0.274 e. The second-order valence-electron chi connectivity index (χ2n) is 6.51. The zero-order valence-corrected chi connectivity index (χ0v) is 17.4. The number of benzene rings is 2. The van der Waals surface area contributed by atoms with Crippen LogP contribution in [-0.4, -0.2) is 39.2 Å². The van der Waals surface area contributed by atoms with Crippen LogP contribution in [0.15, 0.2) is 42.5 Å². The molecule has 0 spiro atoms. The van der Waals surface area contributed by atoms with Crippen LogP contribution in [0.4, 0.5) is 11.4 Å². The molecular formula is C19H23N3O6S. The fourth-order valence-corrected chi connectivity index (χ4v) is 3.76. The van der Waals surface area contributed by atoms with Crippen molar-refractivity contribution >= 4 is 27.3 Å². The topological polar surface area (TPSA) is 119 Å². The van der Waals surface area contributed by atoms with Gasteiger partial charge in [-0.15, -0.1) is 0 Å². The molecule has 0 aliphatic rings. The molecule has 0 aliphatic carbocycles. The third-order valence-electron chi connectivity index (χ3n) is 4.42. The van der Waals surface area contributed by atoms with Gasteiger partial charge < -0.3 is 10.1 Å². The summed E-state index contributed by atoms with van der Waals surface area (Å²) in [5, 5.41) is 13.9. The first-order valence-electron chi connectivity index (χ1n) is 8.69. The summed E-state index contributed by atoms with van der Waals surface area (Å²) in [7, 11) is -2.30. The van der Waals surface area contributed by atoms with E-state index in [1.807, 2.05) is 0 Å². The second kappa shape index (κ2) is 8.91. The molecule has 156 valence electrons. The summed E-state index contributed by atoms with van der Waals surface area (Å²) in [5.74, 6) is 0.140. The summed E-state index contributed by atoms with van der Waals surface area (Å²) in [4.78, 5) is 23.1. The van der Waals surface area contributed by atoms with E-state index in [0.717, 1.165) is 16.1 Å². The lowest BCUT2D eigenvalue weighted by molar-refractivity contribution is -0.385. The summed E-state index contributed by atoms with van der Waals surface area (Å²) in [6.45, 7) is 2.72. The van der Waals surface area contributed by atoms with Crippen molar-refractivity contribution in [2.45, 2.75) is 19.9 Å². The van der Waals surface area contributed by atoms with Crippen molar-refractivity contribution in [2.75, 3.05) is 24.2 Å². The molecule has 0 aliphatic heterocycles. The monoisotopic (exact) mass is 421 g/mol. The number of nitrogens with one attached hydrogen (secondary N) is 1.